The fourth-order valence-electron chi connectivity index (χ4n) is 1.38. The molecule has 4 nitrogen and oxygen atoms in total. The molecule has 2 aromatic rings. The van der Waals surface area contributed by atoms with Crippen molar-refractivity contribution in [3.8, 4) is 11.4 Å². The van der Waals surface area contributed by atoms with Crippen LogP contribution >= 0.6 is 23.2 Å². The summed E-state index contributed by atoms with van der Waals surface area (Å²) in [5, 5.41) is 4.52. The third-order valence-corrected chi connectivity index (χ3v) is 3.02. The van der Waals surface area contributed by atoms with E-state index in [0.29, 0.717) is 33.1 Å². The topological polar surface area (TPSA) is 51.8 Å². The highest BCUT2D eigenvalue weighted by Gasteiger charge is 2.17. The van der Waals surface area contributed by atoms with E-state index in [4.69, 9.17) is 27.7 Å². The summed E-state index contributed by atoms with van der Waals surface area (Å²) >= 11 is 11.9. The minimum Gasteiger partial charge on any atom is -0.361 e. The Morgan fingerprint density at radius 3 is 2.00 bits per heavy atom. The Bertz CT molecular complexity index is 508. The zero-order chi connectivity index (χ0) is 11.9. The van der Waals surface area contributed by atoms with Gasteiger partial charge in [0.2, 0.25) is 0 Å². The van der Waals surface area contributed by atoms with Crippen LogP contribution in [0.5, 0.6) is 0 Å². The average molecular weight is 258 g/mol. The van der Waals surface area contributed by atoms with E-state index in [1.807, 2.05) is 6.92 Å². The van der Waals surface area contributed by atoms with Crippen molar-refractivity contribution in [3.05, 3.63) is 27.3 Å². The van der Waals surface area contributed by atoms with Crippen molar-refractivity contribution < 1.29 is 4.52 Å². The minimum absolute atomic E-state index is 0.343. The molecule has 2 rings (SSSR count). The molecule has 0 aliphatic carbocycles. The first-order valence-corrected chi connectivity index (χ1v) is 5.39. The molecule has 2 aromatic heterocycles. The van der Waals surface area contributed by atoms with Crippen LogP contribution in [0.3, 0.4) is 0 Å². The predicted octanol–water partition coefficient (Wildman–Crippen LogP) is 3.36. The van der Waals surface area contributed by atoms with E-state index >= 15 is 0 Å². The summed E-state index contributed by atoms with van der Waals surface area (Å²) in [5.41, 5.74) is 2.12. The van der Waals surface area contributed by atoms with E-state index in [1.165, 1.54) is 0 Å². The number of halogens is 2. The number of hydrogen-bond donors (Lipinski definition) is 0. The molecule has 0 aliphatic rings. The molecule has 0 radical (unpaired) electrons. The van der Waals surface area contributed by atoms with Gasteiger partial charge >= 0.3 is 0 Å². The normalized spacial score (nSPS) is 10.8. The molecule has 84 valence electrons. The van der Waals surface area contributed by atoms with Crippen molar-refractivity contribution in [3.63, 3.8) is 0 Å². The van der Waals surface area contributed by atoms with Crippen molar-refractivity contribution in [1.82, 2.24) is 15.1 Å². The fourth-order valence-corrected chi connectivity index (χ4v) is 1.77. The van der Waals surface area contributed by atoms with Crippen molar-refractivity contribution >= 4 is 23.2 Å². The summed E-state index contributed by atoms with van der Waals surface area (Å²) < 4.78 is 5.04. The molecule has 6 heteroatoms. The molecular weight excluding hydrogens is 249 g/mol. The number of aromatic nitrogens is 3. The van der Waals surface area contributed by atoms with Gasteiger partial charge in [0, 0.05) is 5.56 Å². The van der Waals surface area contributed by atoms with Gasteiger partial charge < -0.3 is 4.52 Å². The van der Waals surface area contributed by atoms with Gasteiger partial charge in [0.05, 0.1) is 11.3 Å². The lowest BCUT2D eigenvalue weighted by Crippen LogP contribution is -1.95. The number of aryl methyl sites for hydroxylation is 2. The maximum Gasteiger partial charge on any atom is 0.168 e. The minimum atomic E-state index is 0.343. The largest absolute Gasteiger partial charge is 0.361 e. The van der Waals surface area contributed by atoms with Gasteiger partial charge in [-0.15, -0.1) is 0 Å². The molecule has 0 saturated heterocycles. The molecule has 16 heavy (non-hydrogen) atoms. The third kappa shape index (κ3) is 1.79. The van der Waals surface area contributed by atoms with Gasteiger partial charge in [-0.1, -0.05) is 28.4 Å². The Balaban J connectivity index is 2.66. The van der Waals surface area contributed by atoms with Crippen LogP contribution in [0.1, 0.15) is 17.0 Å². The lowest BCUT2D eigenvalue weighted by Gasteiger charge is -2.03. The molecule has 0 amide bonds. The summed E-state index contributed by atoms with van der Waals surface area (Å²) in [5.74, 6) is 1.09. The molecule has 0 aliphatic heterocycles. The van der Waals surface area contributed by atoms with E-state index < -0.39 is 0 Å². The van der Waals surface area contributed by atoms with Crippen LogP contribution < -0.4 is 0 Å². The smallest absolute Gasteiger partial charge is 0.168 e. The van der Waals surface area contributed by atoms with Crippen LogP contribution in [0.4, 0.5) is 0 Å². The SMILES string of the molecule is Cc1noc(C)c1-c1nc(Cl)c(C)c(Cl)n1. The molecule has 0 aromatic carbocycles. The van der Waals surface area contributed by atoms with E-state index in [2.05, 4.69) is 15.1 Å². The van der Waals surface area contributed by atoms with E-state index in [-0.39, 0.29) is 0 Å². The Morgan fingerprint density at radius 1 is 1.00 bits per heavy atom. The average Bonchev–Trinajstić information content (AvgIpc) is 2.54. The highest BCUT2D eigenvalue weighted by molar-refractivity contribution is 6.34. The Kier molecular flexibility index (Phi) is 2.86. The van der Waals surface area contributed by atoms with Crippen molar-refractivity contribution in [2.45, 2.75) is 20.8 Å². The fraction of sp³-hybridized carbons (Fsp3) is 0.300. The first kappa shape index (κ1) is 11.4. The maximum absolute atomic E-state index is 5.95. The Hall–Kier alpha value is -1.13. The molecule has 0 bridgehead atoms. The second-order valence-corrected chi connectivity index (χ2v) is 4.17. The molecule has 0 N–H and O–H groups in total. The van der Waals surface area contributed by atoms with E-state index in [9.17, 15) is 0 Å². The first-order chi connectivity index (χ1) is 7.50. The number of rotatable bonds is 1. The summed E-state index contributed by atoms with van der Waals surface area (Å²) in [6.07, 6.45) is 0. The third-order valence-electron chi connectivity index (χ3n) is 2.28. The standard InChI is InChI=1S/C10H9Cl2N3O/c1-4-8(11)13-10(14-9(4)12)7-5(2)15-16-6(7)3/h1-3H3. The van der Waals surface area contributed by atoms with Crippen molar-refractivity contribution in [1.29, 1.82) is 0 Å². The van der Waals surface area contributed by atoms with Gasteiger partial charge in [0.15, 0.2) is 5.82 Å². The molecule has 2 heterocycles. The van der Waals surface area contributed by atoms with Gasteiger partial charge in [-0.25, -0.2) is 9.97 Å². The monoisotopic (exact) mass is 257 g/mol. The zero-order valence-corrected chi connectivity index (χ0v) is 10.5. The van der Waals surface area contributed by atoms with Gasteiger partial charge in [0.25, 0.3) is 0 Å². The van der Waals surface area contributed by atoms with Gasteiger partial charge in [-0.2, -0.15) is 0 Å². The van der Waals surface area contributed by atoms with Crippen LogP contribution in [0.15, 0.2) is 4.52 Å². The highest BCUT2D eigenvalue weighted by atomic mass is 35.5. The van der Waals surface area contributed by atoms with E-state index in [1.54, 1.807) is 13.8 Å². The predicted molar refractivity (Wildman–Crippen MR) is 61.8 cm³/mol. The van der Waals surface area contributed by atoms with Crippen molar-refractivity contribution in [2.75, 3.05) is 0 Å². The van der Waals surface area contributed by atoms with Gasteiger partial charge in [-0.05, 0) is 20.8 Å². The summed E-state index contributed by atoms with van der Waals surface area (Å²) in [7, 11) is 0. The van der Waals surface area contributed by atoms with Gasteiger partial charge in [-0.3, -0.25) is 0 Å². The Labute approximate surface area is 103 Å². The molecular formula is C10H9Cl2N3O. The second-order valence-electron chi connectivity index (χ2n) is 3.45. The van der Waals surface area contributed by atoms with Gasteiger partial charge in [0.1, 0.15) is 16.1 Å². The van der Waals surface area contributed by atoms with Crippen molar-refractivity contribution in [2.24, 2.45) is 0 Å². The number of hydrogen-bond acceptors (Lipinski definition) is 4. The molecule has 0 saturated carbocycles. The van der Waals surface area contributed by atoms with Crippen LogP contribution in [-0.4, -0.2) is 15.1 Å². The maximum atomic E-state index is 5.95. The summed E-state index contributed by atoms with van der Waals surface area (Å²) in [4.78, 5) is 8.34. The first-order valence-electron chi connectivity index (χ1n) is 4.63. The van der Waals surface area contributed by atoms with Crippen LogP contribution in [0, 0.1) is 20.8 Å². The molecule has 0 spiro atoms. The lowest BCUT2D eigenvalue weighted by atomic mass is 10.2. The summed E-state index contributed by atoms with van der Waals surface area (Å²) in [6, 6.07) is 0. The second kappa shape index (κ2) is 4.03. The molecule has 0 unspecified atom stereocenters. The zero-order valence-electron chi connectivity index (χ0n) is 9.01. The Morgan fingerprint density at radius 2 is 1.56 bits per heavy atom. The van der Waals surface area contributed by atoms with Crippen LogP contribution in [0.2, 0.25) is 10.3 Å². The lowest BCUT2D eigenvalue weighted by molar-refractivity contribution is 0.393. The quantitative estimate of drug-likeness (QED) is 0.736. The van der Waals surface area contributed by atoms with Crippen LogP contribution in [-0.2, 0) is 0 Å². The summed E-state index contributed by atoms with van der Waals surface area (Å²) in [6.45, 7) is 5.37. The van der Waals surface area contributed by atoms with Crippen LogP contribution in [0.25, 0.3) is 11.4 Å². The molecule has 0 fully saturated rings. The molecule has 0 atom stereocenters. The van der Waals surface area contributed by atoms with E-state index in [0.717, 1.165) is 5.56 Å². The number of nitrogens with zero attached hydrogens (tertiary/aromatic N) is 3. The highest BCUT2D eigenvalue weighted by Crippen LogP contribution is 2.28.